The fraction of sp³-hybridized carbons (Fsp3) is 0.462. The minimum Gasteiger partial charge on any atom is -0.271 e. The average molecular weight is 264 g/mol. The number of hydrogen-bond acceptors (Lipinski definition) is 4. The zero-order valence-electron chi connectivity index (χ0n) is 10.9. The Kier molecular flexibility index (Phi) is 4.52. The summed E-state index contributed by atoms with van der Waals surface area (Å²) in [5.41, 5.74) is 6.55. The van der Waals surface area contributed by atoms with Gasteiger partial charge in [0, 0.05) is 7.05 Å². The predicted octanol–water partition coefficient (Wildman–Crippen LogP) is 2.18. The first-order chi connectivity index (χ1) is 8.74. The molecule has 2 aromatic rings. The van der Waals surface area contributed by atoms with Gasteiger partial charge in [-0.1, -0.05) is 6.92 Å². The minimum absolute atomic E-state index is 0.155. The number of aromatic nitrogens is 2. The summed E-state index contributed by atoms with van der Waals surface area (Å²) in [6.07, 6.45) is 2.97. The monoisotopic (exact) mass is 264 g/mol. The highest BCUT2D eigenvalue weighted by Crippen LogP contribution is 2.20. The Morgan fingerprint density at radius 3 is 2.94 bits per heavy atom. The molecule has 2 heterocycles. The van der Waals surface area contributed by atoms with Crippen molar-refractivity contribution in [1.29, 1.82) is 0 Å². The molecular weight excluding hydrogens is 244 g/mol. The quantitative estimate of drug-likeness (QED) is 0.621. The largest absolute Gasteiger partial charge is 0.271 e. The summed E-state index contributed by atoms with van der Waals surface area (Å²) < 4.78 is 1.93. The van der Waals surface area contributed by atoms with Crippen LogP contribution in [0, 0.1) is 0 Å². The number of nitrogens with one attached hydrogen (secondary N) is 1. The van der Waals surface area contributed by atoms with E-state index < -0.39 is 0 Å². The Labute approximate surface area is 112 Å². The van der Waals surface area contributed by atoms with Gasteiger partial charge in [0.05, 0.1) is 17.4 Å². The van der Waals surface area contributed by atoms with Crippen LogP contribution in [0.15, 0.2) is 22.9 Å². The Bertz CT molecular complexity index is 475. The molecule has 0 aliphatic rings. The molecule has 4 nitrogen and oxygen atoms in total. The van der Waals surface area contributed by atoms with Crippen molar-refractivity contribution in [3.63, 3.8) is 0 Å². The lowest BCUT2D eigenvalue weighted by Crippen LogP contribution is -2.29. The molecule has 0 radical (unpaired) electrons. The van der Waals surface area contributed by atoms with Gasteiger partial charge in [0.25, 0.3) is 0 Å². The van der Waals surface area contributed by atoms with Gasteiger partial charge in [0.2, 0.25) is 0 Å². The van der Waals surface area contributed by atoms with E-state index in [0.29, 0.717) is 0 Å². The zero-order valence-corrected chi connectivity index (χ0v) is 11.7. The van der Waals surface area contributed by atoms with Crippen molar-refractivity contribution < 1.29 is 0 Å². The van der Waals surface area contributed by atoms with E-state index in [9.17, 15) is 0 Å². The minimum atomic E-state index is 0.155. The number of hydrogen-bond donors (Lipinski definition) is 2. The number of thiophene rings is 1. The Morgan fingerprint density at radius 2 is 2.39 bits per heavy atom. The Hall–Kier alpha value is -1.17. The van der Waals surface area contributed by atoms with Crippen LogP contribution >= 0.6 is 11.3 Å². The van der Waals surface area contributed by atoms with E-state index in [1.807, 2.05) is 11.7 Å². The third-order valence-electron chi connectivity index (χ3n) is 3.19. The van der Waals surface area contributed by atoms with E-state index in [2.05, 4.69) is 40.3 Å². The smallest absolute Gasteiger partial charge is 0.0632 e. The van der Waals surface area contributed by atoms with Crippen molar-refractivity contribution in [3.8, 4) is 0 Å². The van der Waals surface area contributed by atoms with Crippen LogP contribution in [0.5, 0.6) is 0 Å². The maximum absolute atomic E-state index is 5.68. The summed E-state index contributed by atoms with van der Waals surface area (Å²) in [6.45, 7) is 2.11. The van der Waals surface area contributed by atoms with Crippen LogP contribution in [0.2, 0.25) is 0 Å². The van der Waals surface area contributed by atoms with Crippen molar-refractivity contribution in [2.45, 2.75) is 32.2 Å². The molecule has 0 fully saturated rings. The van der Waals surface area contributed by atoms with E-state index >= 15 is 0 Å². The number of nitrogens with zero attached hydrogens (tertiary/aromatic N) is 2. The van der Waals surface area contributed by atoms with Gasteiger partial charge in [-0.25, -0.2) is 0 Å². The normalized spacial score (nSPS) is 12.8. The summed E-state index contributed by atoms with van der Waals surface area (Å²) in [5.74, 6) is 5.68. The summed E-state index contributed by atoms with van der Waals surface area (Å²) in [4.78, 5) is 0. The third kappa shape index (κ3) is 2.98. The Balaban J connectivity index is 2.05. The van der Waals surface area contributed by atoms with Crippen molar-refractivity contribution >= 4 is 11.3 Å². The van der Waals surface area contributed by atoms with Gasteiger partial charge in [0.1, 0.15) is 0 Å². The highest BCUT2D eigenvalue weighted by atomic mass is 32.1. The van der Waals surface area contributed by atoms with Gasteiger partial charge in [-0.3, -0.25) is 16.0 Å². The van der Waals surface area contributed by atoms with Crippen LogP contribution in [0.4, 0.5) is 0 Å². The molecule has 0 aliphatic heterocycles. The lowest BCUT2D eigenvalue weighted by molar-refractivity contribution is 0.480. The topological polar surface area (TPSA) is 55.9 Å². The summed E-state index contributed by atoms with van der Waals surface area (Å²) in [6, 6.07) is 4.46. The maximum Gasteiger partial charge on any atom is 0.0632 e. The van der Waals surface area contributed by atoms with Gasteiger partial charge in [0.15, 0.2) is 0 Å². The van der Waals surface area contributed by atoms with Gasteiger partial charge < -0.3 is 0 Å². The van der Waals surface area contributed by atoms with E-state index in [1.54, 1.807) is 11.3 Å². The van der Waals surface area contributed by atoms with Crippen LogP contribution in [0.3, 0.4) is 0 Å². The van der Waals surface area contributed by atoms with E-state index in [-0.39, 0.29) is 6.04 Å². The molecule has 3 N–H and O–H groups in total. The maximum atomic E-state index is 5.68. The van der Waals surface area contributed by atoms with Crippen molar-refractivity contribution in [3.05, 3.63) is 39.8 Å². The van der Waals surface area contributed by atoms with Gasteiger partial charge in [-0.2, -0.15) is 16.4 Å². The molecule has 0 spiro atoms. The number of aryl methyl sites for hydroxylation is 3. The molecule has 0 bridgehead atoms. The summed E-state index contributed by atoms with van der Waals surface area (Å²) in [7, 11) is 1.98. The predicted molar refractivity (Wildman–Crippen MR) is 75.3 cm³/mol. The molecule has 18 heavy (non-hydrogen) atoms. The zero-order chi connectivity index (χ0) is 13.0. The second-order valence-electron chi connectivity index (χ2n) is 4.43. The molecule has 98 valence electrons. The second kappa shape index (κ2) is 6.13. The number of rotatable bonds is 6. The van der Waals surface area contributed by atoms with Crippen LogP contribution < -0.4 is 11.3 Å². The van der Waals surface area contributed by atoms with E-state index in [1.165, 1.54) is 5.56 Å². The summed E-state index contributed by atoms with van der Waals surface area (Å²) >= 11 is 1.74. The van der Waals surface area contributed by atoms with Gasteiger partial charge >= 0.3 is 0 Å². The molecule has 5 heteroatoms. The van der Waals surface area contributed by atoms with Gasteiger partial charge in [-0.05, 0) is 47.7 Å². The molecular formula is C13H20N4S. The van der Waals surface area contributed by atoms with Crippen LogP contribution in [-0.2, 0) is 19.9 Å². The van der Waals surface area contributed by atoms with Crippen LogP contribution in [0.25, 0.3) is 0 Å². The van der Waals surface area contributed by atoms with Crippen molar-refractivity contribution in [1.82, 2.24) is 15.2 Å². The van der Waals surface area contributed by atoms with Crippen LogP contribution in [-0.4, -0.2) is 9.78 Å². The van der Waals surface area contributed by atoms with Crippen molar-refractivity contribution in [2.24, 2.45) is 12.9 Å². The highest BCUT2D eigenvalue weighted by molar-refractivity contribution is 7.07. The summed E-state index contributed by atoms with van der Waals surface area (Å²) in [5, 5.41) is 8.77. The lowest BCUT2D eigenvalue weighted by Gasteiger charge is -2.15. The average Bonchev–Trinajstić information content (AvgIpc) is 3.00. The molecule has 0 saturated carbocycles. The molecule has 2 aromatic heterocycles. The van der Waals surface area contributed by atoms with Crippen molar-refractivity contribution in [2.75, 3.05) is 0 Å². The molecule has 0 amide bonds. The lowest BCUT2D eigenvalue weighted by atomic mass is 10.0. The number of nitrogens with two attached hydrogens (primary N) is 1. The number of hydrazine groups is 1. The molecule has 1 atom stereocenters. The second-order valence-corrected chi connectivity index (χ2v) is 5.21. The first kappa shape index (κ1) is 13.3. The molecule has 0 aromatic carbocycles. The molecule has 2 rings (SSSR count). The van der Waals surface area contributed by atoms with Gasteiger partial charge in [-0.15, -0.1) is 0 Å². The highest BCUT2D eigenvalue weighted by Gasteiger charge is 2.15. The standard InChI is InChI=1S/C13H20N4S/c1-3-11-8-13(17(2)16-11)12(15-14)5-4-10-6-7-18-9-10/h6-9,12,15H,3-5,14H2,1-2H3. The fourth-order valence-corrected chi connectivity index (χ4v) is 2.81. The van der Waals surface area contributed by atoms with E-state index in [4.69, 9.17) is 5.84 Å². The third-order valence-corrected chi connectivity index (χ3v) is 3.92. The fourth-order valence-electron chi connectivity index (χ4n) is 2.10. The molecule has 1 unspecified atom stereocenters. The molecule has 0 aliphatic carbocycles. The SMILES string of the molecule is CCc1cc(C(CCc2ccsc2)NN)n(C)n1. The Morgan fingerprint density at radius 1 is 1.56 bits per heavy atom. The first-order valence-electron chi connectivity index (χ1n) is 6.24. The van der Waals surface area contributed by atoms with E-state index in [0.717, 1.165) is 30.7 Å². The molecule has 0 saturated heterocycles. The van der Waals surface area contributed by atoms with Crippen LogP contribution in [0.1, 0.15) is 36.3 Å². The first-order valence-corrected chi connectivity index (χ1v) is 7.19.